The summed E-state index contributed by atoms with van der Waals surface area (Å²) >= 11 is 5.91. The van der Waals surface area contributed by atoms with Crippen LogP contribution in [0.4, 0.5) is 18.9 Å². The molecule has 10 heteroatoms. The second-order valence-corrected chi connectivity index (χ2v) is 8.23. The summed E-state index contributed by atoms with van der Waals surface area (Å²) < 4.78 is 63.4. The zero-order valence-corrected chi connectivity index (χ0v) is 15.0. The highest BCUT2D eigenvalue weighted by atomic mass is 35.5. The molecule has 0 heterocycles. The number of carbonyl (C=O) groups is 1. The standard InChI is InChI=1S/C15H18ClF3N2O3S/c1-25(23,24)21(8-7-20-14(22)10-3-2-4-10)13-9-11(15(17,18)19)5-6-12(13)16/h5-6,9-10H,2-4,7-8H2,1H3,(H,20,22). The largest absolute Gasteiger partial charge is 0.416 e. The topological polar surface area (TPSA) is 66.5 Å². The highest BCUT2D eigenvalue weighted by molar-refractivity contribution is 7.92. The quantitative estimate of drug-likeness (QED) is 0.801. The average Bonchev–Trinajstić information content (AvgIpc) is 2.40. The highest BCUT2D eigenvalue weighted by Crippen LogP contribution is 2.36. The van der Waals surface area contributed by atoms with Crippen LogP contribution in [0.2, 0.25) is 5.02 Å². The van der Waals surface area contributed by atoms with Gasteiger partial charge in [-0.3, -0.25) is 9.10 Å². The van der Waals surface area contributed by atoms with Crippen LogP contribution in [0.3, 0.4) is 0 Å². The normalized spacial score (nSPS) is 15.6. The first-order chi connectivity index (χ1) is 11.5. The molecule has 1 aromatic carbocycles. The van der Waals surface area contributed by atoms with E-state index in [1.807, 2.05) is 0 Å². The maximum atomic E-state index is 12.9. The number of alkyl halides is 3. The third-order valence-electron chi connectivity index (χ3n) is 4.03. The van der Waals surface area contributed by atoms with E-state index in [4.69, 9.17) is 11.6 Å². The SMILES string of the molecule is CS(=O)(=O)N(CCNC(=O)C1CCC1)c1cc(C(F)(F)F)ccc1Cl. The van der Waals surface area contributed by atoms with Gasteiger partial charge >= 0.3 is 6.18 Å². The minimum absolute atomic E-state index is 0.0189. The van der Waals surface area contributed by atoms with Gasteiger partial charge in [-0.15, -0.1) is 0 Å². The second-order valence-electron chi connectivity index (χ2n) is 5.92. The molecule has 140 valence electrons. The molecule has 1 saturated carbocycles. The molecular weight excluding hydrogens is 381 g/mol. The summed E-state index contributed by atoms with van der Waals surface area (Å²) in [6.07, 6.45) is -1.19. The van der Waals surface area contributed by atoms with E-state index < -0.39 is 21.8 Å². The van der Waals surface area contributed by atoms with Gasteiger partial charge in [0.25, 0.3) is 0 Å². The molecule has 25 heavy (non-hydrogen) atoms. The zero-order chi connectivity index (χ0) is 18.8. The van der Waals surface area contributed by atoms with Crippen LogP contribution in [0.5, 0.6) is 0 Å². The van der Waals surface area contributed by atoms with Gasteiger partial charge < -0.3 is 5.32 Å². The summed E-state index contributed by atoms with van der Waals surface area (Å²) in [5.41, 5.74) is -1.27. The molecule has 0 spiro atoms. The number of amides is 1. The van der Waals surface area contributed by atoms with Gasteiger partial charge in [0.1, 0.15) is 0 Å². The Balaban J connectivity index is 2.18. The molecule has 0 bridgehead atoms. The molecule has 0 aliphatic heterocycles. The first-order valence-electron chi connectivity index (χ1n) is 7.62. The number of carbonyl (C=O) groups excluding carboxylic acids is 1. The van der Waals surface area contributed by atoms with E-state index in [2.05, 4.69) is 5.32 Å². The minimum Gasteiger partial charge on any atom is -0.354 e. The van der Waals surface area contributed by atoms with E-state index in [9.17, 15) is 26.4 Å². The Morgan fingerprint density at radius 2 is 2.00 bits per heavy atom. The molecule has 0 aromatic heterocycles. The average molecular weight is 399 g/mol. The Morgan fingerprint density at radius 1 is 1.36 bits per heavy atom. The van der Waals surface area contributed by atoms with Crippen molar-refractivity contribution in [1.29, 1.82) is 0 Å². The van der Waals surface area contributed by atoms with Crippen molar-refractivity contribution in [3.05, 3.63) is 28.8 Å². The van der Waals surface area contributed by atoms with Gasteiger partial charge in [0, 0.05) is 12.5 Å². The maximum absolute atomic E-state index is 12.9. The van der Waals surface area contributed by atoms with Crippen LogP contribution in [-0.4, -0.2) is 33.7 Å². The van der Waals surface area contributed by atoms with E-state index in [0.717, 1.165) is 42.0 Å². The fourth-order valence-corrected chi connectivity index (χ4v) is 3.64. The molecule has 1 fully saturated rings. The van der Waals surface area contributed by atoms with Gasteiger partial charge in [0.2, 0.25) is 15.9 Å². The first-order valence-corrected chi connectivity index (χ1v) is 9.85. The highest BCUT2D eigenvalue weighted by Gasteiger charge is 2.32. The van der Waals surface area contributed by atoms with Crippen molar-refractivity contribution in [1.82, 2.24) is 5.32 Å². The van der Waals surface area contributed by atoms with E-state index in [1.165, 1.54) is 0 Å². The van der Waals surface area contributed by atoms with Crippen molar-refractivity contribution in [2.24, 2.45) is 5.92 Å². The lowest BCUT2D eigenvalue weighted by Crippen LogP contribution is -2.41. The van der Waals surface area contributed by atoms with Crippen LogP contribution in [-0.2, 0) is 21.0 Å². The van der Waals surface area contributed by atoms with E-state index in [-0.39, 0.29) is 35.6 Å². The van der Waals surface area contributed by atoms with Crippen molar-refractivity contribution >= 4 is 33.2 Å². The summed E-state index contributed by atoms with van der Waals surface area (Å²) in [5, 5.41) is 2.49. The summed E-state index contributed by atoms with van der Waals surface area (Å²) in [6.45, 7) is -0.229. The second kappa shape index (κ2) is 7.41. The number of benzene rings is 1. The van der Waals surface area contributed by atoms with E-state index in [1.54, 1.807) is 0 Å². The van der Waals surface area contributed by atoms with E-state index >= 15 is 0 Å². The first kappa shape index (κ1) is 19.8. The number of nitrogens with zero attached hydrogens (tertiary/aromatic N) is 1. The molecule has 0 radical (unpaired) electrons. The Morgan fingerprint density at radius 3 is 2.48 bits per heavy atom. The number of hydrogen-bond donors (Lipinski definition) is 1. The molecule has 0 unspecified atom stereocenters. The number of nitrogens with one attached hydrogen (secondary N) is 1. The summed E-state index contributed by atoms with van der Waals surface area (Å²) in [7, 11) is -3.88. The van der Waals surface area contributed by atoms with Gasteiger partial charge in [0.05, 0.1) is 29.1 Å². The molecule has 0 saturated heterocycles. The van der Waals surface area contributed by atoms with Crippen LogP contribution in [0.15, 0.2) is 18.2 Å². The lowest BCUT2D eigenvalue weighted by Gasteiger charge is -2.27. The monoisotopic (exact) mass is 398 g/mol. The van der Waals surface area contributed by atoms with Crippen molar-refractivity contribution in [2.45, 2.75) is 25.4 Å². The Kier molecular flexibility index (Phi) is 5.88. The number of halogens is 4. The van der Waals surface area contributed by atoms with Gasteiger partial charge in [-0.25, -0.2) is 8.42 Å². The third kappa shape index (κ3) is 5.01. The molecule has 1 amide bonds. The van der Waals surface area contributed by atoms with Crippen LogP contribution < -0.4 is 9.62 Å². The summed E-state index contributed by atoms with van der Waals surface area (Å²) in [6, 6.07) is 2.48. The molecular formula is C15H18ClF3N2O3S. The molecule has 1 N–H and O–H groups in total. The maximum Gasteiger partial charge on any atom is 0.416 e. The van der Waals surface area contributed by atoms with Crippen LogP contribution in [0.25, 0.3) is 0 Å². The minimum atomic E-state index is -4.62. The van der Waals surface area contributed by atoms with Crippen molar-refractivity contribution < 1.29 is 26.4 Å². The molecule has 1 aliphatic rings. The molecule has 1 aromatic rings. The van der Waals surface area contributed by atoms with Crippen molar-refractivity contribution in [3.8, 4) is 0 Å². The smallest absolute Gasteiger partial charge is 0.354 e. The van der Waals surface area contributed by atoms with Gasteiger partial charge in [-0.2, -0.15) is 13.2 Å². The lowest BCUT2D eigenvalue weighted by atomic mass is 9.85. The fraction of sp³-hybridized carbons (Fsp3) is 0.533. The number of sulfonamides is 1. The van der Waals surface area contributed by atoms with Crippen LogP contribution in [0.1, 0.15) is 24.8 Å². The number of anilines is 1. The Hall–Kier alpha value is -1.48. The fourth-order valence-electron chi connectivity index (χ4n) is 2.44. The molecule has 2 rings (SSSR count). The lowest BCUT2D eigenvalue weighted by molar-refractivity contribution is -0.137. The van der Waals surface area contributed by atoms with Gasteiger partial charge in [0.15, 0.2) is 0 Å². The third-order valence-corrected chi connectivity index (χ3v) is 5.53. The summed E-state index contributed by atoms with van der Waals surface area (Å²) in [4.78, 5) is 11.8. The van der Waals surface area contributed by atoms with Crippen LogP contribution >= 0.6 is 11.6 Å². The van der Waals surface area contributed by atoms with Crippen molar-refractivity contribution in [2.75, 3.05) is 23.7 Å². The van der Waals surface area contributed by atoms with E-state index in [0.29, 0.717) is 6.07 Å². The van der Waals surface area contributed by atoms with Gasteiger partial charge in [-0.1, -0.05) is 18.0 Å². The Bertz CT molecular complexity index is 749. The zero-order valence-electron chi connectivity index (χ0n) is 13.4. The summed E-state index contributed by atoms with van der Waals surface area (Å²) in [5.74, 6) is -0.237. The predicted octanol–water partition coefficient (Wildman–Crippen LogP) is 3.04. The molecule has 5 nitrogen and oxygen atoms in total. The van der Waals surface area contributed by atoms with Crippen molar-refractivity contribution in [3.63, 3.8) is 0 Å². The van der Waals surface area contributed by atoms with Gasteiger partial charge in [-0.05, 0) is 31.0 Å². The number of hydrogen-bond acceptors (Lipinski definition) is 3. The Labute approximate surface area is 149 Å². The van der Waals surface area contributed by atoms with Crippen LogP contribution in [0, 0.1) is 5.92 Å². The number of rotatable bonds is 6. The molecule has 1 aliphatic carbocycles. The molecule has 0 atom stereocenters. The predicted molar refractivity (Wildman–Crippen MR) is 89.0 cm³/mol.